The first-order chi connectivity index (χ1) is 10.5. The molecule has 3 nitrogen and oxygen atoms in total. The van der Waals surface area contributed by atoms with E-state index in [4.69, 9.17) is 11.2 Å². The van der Waals surface area contributed by atoms with Gasteiger partial charge in [-0.2, -0.15) is 0 Å². The predicted molar refractivity (Wildman–Crippen MR) is 91.7 cm³/mol. The topological polar surface area (TPSA) is 32.7 Å². The second-order valence-electron chi connectivity index (χ2n) is 5.99. The van der Waals surface area contributed by atoms with Gasteiger partial charge in [-0.3, -0.25) is 4.90 Å². The minimum absolute atomic E-state index is 0.247. The van der Waals surface area contributed by atoms with Crippen molar-refractivity contribution in [2.45, 2.75) is 52.8 Å². The SMILES string of the molecule is C#CCOC[C@H](O)CN(Cc1ccc(C)cc1C)[C@H](C)CC. The summed E-state index contributed by atoms with van der Waals surface area (Å²) in [4.78, 5) is 2.31. The summed E-state index contributed by atoms with van der Waals surface area (Å²) in [5, 5.41) is 10.1. The van der Waals surface area contributed by atoms with E-state index in [-0.39, 0.29) is 13.2 Å². The van der Waals surface area contributed by atoms with Crippen LogP contribution < -0.4 is 0 Å². The molecule has 1 rings (SSSR count). The number of ether oxygens (including phenoxy) is 1. The first kappa shape index (κ1) is 18.7. The molecule has 0 aliphatic carbocycles. The van der Waals surface area contributed by atoms with E-state index in [0.717, 1.165) is 13.0 Å². The van der Waals surface area contributed by atoms with Crippen molar-refractivity contribution in [2.75, 3.05) is 19.8 Å². The van der Waals surface area contributed by atoms with E-state index in [2.05, 4.69) is 56.7 Å². The number of aliphatic hydroxyl groups excluding tert-OH is 1. The third-order valence-electron chi connectivity index (χ3n) is 4.03. The summed E-state index contributed by atoms with van der Waals surface area (Å²) in [6.07, 6.45) is 5.67. The highest BCUT2D eigenvalue weighted by Gasteiger charge is 2.18. The van der Waals surface area contributed by atoms with Crippen LogP contribution in [0.2, 0.25) is 0 Å². The Morgan fingerprint density at radius 1 is 1.36 bits per heavy atom. The van der Waals surface area contributed by atoms with Crippen LogP contribution in [0.4, 0.5) is 0 Å². The van der Waals surface area contributed by atoms with Gasteiger partial charge in [0.2, 0.25) is 0 Å². The maximum absolute atomic E-state index is 10.1. The van der Waals surface area contributed by atoms with Gasteiger partial charge in [0.05, 0.1) is 12.7 Å². The van der Waals surface area contributed by atoms with Gasteiger partial charge in [0, 0.05) is 19.1 Å². The highest BCUT2D eigenvalue weighted by molar-refractivity contribution is 5.30. The molecule has 1 aromatic carbocycles. The minimum atomic E-state index is -0.520. The molecule has 0 aliphatic rings. The van der Waals surface area contributed by atoms with Crippen LogP contribution in [0.3, 0.4) is 0 Å². The van der Waals surface area contributed by atoms with Gasteiger partial charge in [-0.05, 0) is 38.3 Å². The maximum atomic E-state index is 10.1. The molecule has 122 valence electrons. The van der Waals surface area contributed by atoms with Gasteiger partial charge in [-0.1, -0.05) is 36.6 Å². The van der Waals surface area contributed by atoms with Crippen molar-refractivity contribution in [3.8, 4) is 12.3 Å². The van der Waals surface area contributed by atoms with Crippen LogP contribution in [0.25, 0.3) is 0 Å². The molecule has 0 fully saturated rings. The fourth-order valence-electron chi connectivity index (χ4n) is 2.48. The molecular weight excluding hydrogens is 274 g/mol. The van der Waals surface area contributed by atoms with Crippen LogP contribution in [-0.4, -0.2) is 41.9 Å². The summed E-state index contributed by atoms with van der Waals surface area (Å²) in [5.41, 5.74) is 3.88. The molecule has 3 heteroatoms. The summed E-state index contributed by atoms with van der Waals surface area (Å²) in [6, 6.07) is 6.93. The van der Waals surface area contributed by atoms with Gasteiger partial charge in [-0.25, -0.2) is 0 Å². The Kier molecular flexibility index (Phi) is 8.19. The number of hydrogen-bond donors (Lipinski definition) is 1. The molecule has 0 aliphatic heterocycles. The Hall–Kier alpha value is -1.34. The molecule has 1 N–H and O–H groups in total. The summed E-state index contributed by atoms with van der Waals surface area (Å²) in [5.74, 6) is 2.42. The van der Waals surface area contributed by atoms with Crippen molar-refractivity contribution >= 4 is 0 Å². The monoisotopic (exact) mass is 303 g/mol. The number of benzene rings is 1. The lowest BCUT2D eigenvalue weighted by molar-refractivity contribution is 0.0169. The third kappa shape index (κ3) is 6.19. The number of aliphatic hydroxyl groups is 1. The zero-order valence-electron chi connectivity index (χ0n) is 14.3. The maximum Gasteiger partial charge on any atom is 0.107 e. The van der Waals surface area contributed by atoms with Gasteiger partial charge in [0.1, 0.15) is 6.61 Å². The summed E-state index contributed by atoms with van der Waals surface area (Å²) < 4.78 is 5.24. The Morgan fingerprint density at radius 3 is 2.68 bits per heavy atom. The second kappa shape index (κ2) is 9.63. The Bertz CT molecular complexity index is 493. The Labute approximate surface area is 135 Å². The molecule has 0 saturated carbocycles. The molecule has 0 bridgehead atoms. The van der Waals surface area contributed by atoms with E-state index in [0.29, 0.717) is 12.6 Å². The van der Waals surface area contributed by atoms with Gasteiger partial charge in [0.25, 0.3) is 0 Å². The molecule has 0 heterocycles. The van der Waals surface area contributed by atoms with Crippen molar-refractivity contribution in [3.05, 3.63) is 34.9 Å². The highest BCUT2D eigenvalue weighted by Crippen LogP contribution is 2.16. The number of rotatable bonds is 9. The smallest absolute Gasteiger partial charge is 0.107 e. The summed E-state index contributed by atoms with van der Waals surface area (Å²) >= 11 is 0. The first-order valence-electron chi connectivity index (χ1n) is 7.97. The van der Waals surface area contributed by atoms with Crippen LogP contribution in [0.1, 0.15) is 37.0 Å². The van der Waals surface area contributed by atoms with Gasteiger partial charge >= 0.3 is 0 Å². The minimum Gasteiger partial charge on any atom is -0.389 e. The molecule has 0 aromatic heterocycles. The summed E-state index contributed by atoms with van der Waals surface area (Å²) in [7, 11) is 0. The first-order valence-corrected chi connectivity index (χ1v) is 7.97. The van der Waals surface area contributed by atoms with Crippen molar-refractivity contribution in [3.63, 3.8) is 0 Å². The normalized spacial score (nSPS) is 13.9. The van der Waals surface area contributed by atoms with E-state index in [1.165, 1.54) is 16.7 Å². The fraction of sp³-hybridized carbons (Fsp3) is 0.579. The number of hydrogen-bond acceptors (Lipinski definition) is 3. The second-order valence-corrected chi connectivity index (χ2v) is 5.99. The lowest BCUT2D eigenvalue weighted by atomic mass is 10.0. The molecule has 1 aromatic rings. The van der Waals surface area contributed by atoms with Crippen LogP contribution in [-0.2, 0) is 11.3 Å². The van der Waals surface area contributed by atoms with E-state index in [1.807, 2.05) is 0 Å². The quantitative estimate of drug-likeness (QED) is 0.562. The molecule has 0 spiro atoms. The summed E-state index contributed by atoms with van der Waals surface area (Å²) in [6.45, 7) is 10.6. The lowest BCUT2D eigenvalue weighted by Gasteiger charge is -2.31. The molecular formula is C19H29NO2. The van der Waals surface area contributed by atoms with E-state index >= 15 is 0 Å². The molecule has 2 atom stereocenters. The fourth-order valence-corrected chi connectivity index (χ4v) is 2.48. The van der Waals surface area contributed by atoms with Gasteiger partial charge in [-0.15, -0.1) is 6.42 Å². The van der Waals surface area contributed by atoms with Crippen molar-refractivity contribution in [1.29, 1.82) is 0 Å². The third-order valence-corrected chi connectivity index (χ3v) is 4.03. The van der Waals surface area contributed by atoms with Crippen LogP contribution in [0.15, 0.2) is 18.2 Å². The zero-order chi connectivity index (χ0) is 16.5. The van der Waals surface area contributed by atoms with E-state index < -0.39 is 6.10 Å². The average molecular weight is 303 g/mol. The van der Waals surface area contributed by atoms with Crippen molar-refractivity contribution < 1.29 is 9.84 Å². The molecule has 0 unspecified atom stereocenters. The standard InChI is InChI=1S/C19H29NO2/c1-6-10-22-14-19(21)13-20(17(5)7-2)12-18-9-8-15(3)11-16(18)4/h1,8-9,11,17,19,21H,7,10,12-14H2,2-5H3/t17-,19-/m1/s1. The van der Waals surface area contributed by atoms with Gasteiger partial charge in [0.15, 0.2) is 0 Å². The largest absolute Gasteiger partial charge is 0.389 e. The van der Waals surface area contributed by atoms with Gasteiger partial charge < -0.3 is 9.84 Å². The Balaban J connectivity index is 2.70. The lowest BCUT2D eigenvalue weighted by Crippen LogP contribution is -2.40. The predicted octanol–water partition coefficient (Wildman–Crippen LogP) is 2.91. The average Bonchev–Trinajstić information content (AvgIpc) is 2.48. The number of nitrogens with zero attached hydrogens (tertiary/aromatic N) is 1. The Morgan fingerprint density at radius 2 is 2.09 bits per heavy atom. The molecule has 22 heavy (non-hydrogen) atoms. The van der Waals surface area contributed by atoms with Crippen molar-refractivity contribution in [2.24, 2.45) is 0 Å². The van der Waals surface area contributed by atoms with Crippen LogP contribution in [0, 0.1) is 26.2 Å². The number of terminal acetylenes is 1. The van der Waals surface area contributed by atoms with Crippen LogP contribution in [0.5, 0.6) is 0 Å². The van der Waals surface area contributed by atoms with E-state index in [1.54, 1.807) is 0 Å². The molecule has 0 radical (unpaired) electrons. The molecule has 0 amide bonds. The van der Waals surface area contributed by atoms with E-state index in [9.17, 15) is 5.11 Å². The highest BCUT2D eigenvalue weighted by atomic mass is 16.5. The number of aryl methyl sites for hydroxylation is 2. The zero-order valence-corrected chi connectivity index (χ0v) is 14.3. The molecule has 0 saturated heterocycles. The van der Waals surface area contributed by atoms with Crippen LogP contribution >= 0.6 is 0 Å². The van der Waals surface area contributed by atoms with Crippen molar-refractivity contribution in [1.82, 2.24) is 4.90 Å².